The Bertz CT molecular complexity index is 444. The van der Waals surface area contributed by atoms with Gasteiger partial charge in [0.15, 0.2) is 0 Å². The molecule has 0 fully saturated rings. The fraction of sp³-hybridized carbons (Fsp3) is 0.222. The minimum atomic E-state index is -0.500. The molecule has 1 aliphatic heterocycles. The molecule has 1 aromatic carbocycles. The fourth-order valence-electron chi connectivity index (χ4n) is 1.65. The maximum absolute atomic E-state index is 11.4. The lowest BCUT2D eigenvalue weighted by atomic mass is 10.1. The van der Waals surface area contributed by atoms with E-state index in [0.29, 0.717) is 11.3 Å². The zero-order valence-corrected chi connectivity index (χ0v) is 7.98. The van der Waals surface area contributed by atoms with E-state index in [1.54, 1.807) is 13.1 Å². The molecule has 0 aromatic heterocycles. The number of nitrogens with one attached hydrogen (secondary N) is 2. The van der Waals surface area contributed by atoms with Crippen molar-refractivity contribution >= 4 is 17.3 Å². The standard InChI is InChI=1S/C9H9N3O3/c1-10-8-6-4-5(12(14)15)2-3-7(6)11-9(8)13/h2-4,8,10H,1H3,(H,11,13). The summed E-state index contributed by atoms with van der Waals surface area (Å²) < 4.78 is 0. The molecule has 6 nitrogen and oxygen atoms in total. The second-order valence-corrected chi connectivity index (χ2v) is 3.24. The smallest absolute Gasteiger partial charge is 0.269 e. The third-order valence-corrected chi connectivity index (χ3v) is 2.37. The molecule has 2 rings (SSSR count). The molecule has 0 saturated carbocycles. The number of anilines is 1. The first-order valence-electron chi connectivity index (χ1n) is 4.40. The predicted molar refractivity (Wildman–Crippen MR) is 53.5 cm³/mol. The lowest BCUT2D eigenvalue weighted by molar-refractivity contribution is -0.384. The van der Waals surface area contributed by atoms with Crippen LogP contribution in [-0.4, -0.2) is 17.9 Å². The summed E-state index contributed by atoms with van der Waals surface area (Å²) in [5.74, 6) is -0.187. The van der Waals surface area contributed by atoms with Crippen LogP contribution >= 0.6 is 0 Å². The zero-order chi connectivity index (χ0) is 11.0. The Morgan fingerprint density at radius 2 is 2.27 bits per heavy atom. The van der Waals surface area contributed by atoms with E-state index in [-0.39, 0.29) is 11.6 Å². The summed E-state index contributed by atoms with van der Waals surface area (Å²) in [6.07, 6.45) is 0. The highest BCUT2D eigenvalue weighted by atomic mass is 16.6. The Morgan fingerprint density at radius 1 is 1.53 bits per heavy atom. The molecule has 1 atom stereocenters. The van der Waals surface area contributed by atoms with E-state index in [0.717, 1.165) is 0 Å². The van der Waals surface area contributed by atoms with E-state index in [1.165, 1.54) is 12.1 Å². The van der Waals surface area contributed by atoms with Crippen LogP contribution in [0, 0.1) is 10.1 Å². The average molecular weight is 207 g/mol. The Balaban J connectivity index is 2.49. The Hall–Kier alpha value is -1.95. The number of rotatable bonds is 2. The van der Waals surface area contributed by atoms with Crippen LogP contribution < -0.4 is 10.6 Å². The second kappa shape index (κ2) is 3.32. The van der Waals surface area contributed by atoms with Crippen LogP contribution in [0.2, 0.25) is 0 Å². The number of hydrogen-bond donors (Lipinski definition) is 2. The van der Waals surface area contributed by atoms with Crippen LogP contribution in [0.4, 0.5) is 11.4 Å². The Labute approximate surface area is 85.4 Å². The number of nitro benzene ring substituents is 1. The molecule has 1 heterocycles. The molecule has 1 aliphatic rings. The van der Waals surface area contributed by atoms with E-state index >= 15 is 0 Å². The van der Waals surface area contributed by atoms with Gasteiger partial charge in [0.05, 0.1) is 4.92 Å². The molecule has 78 valence electrons. The van der Waals surface area contributed by atoms with Crippen molar-refractivity contribution in [2.24, 2.45) is 0 Å². The zero-order valence-electron chi connectivity index (χ0n) is 7.98. The van der Waals surface area contributed by atoms with Gasteiger partial charge in [0, 0.05) is 23.4 Å². The molecule has 15 heavy (non-hydrogen) atoms. The number of likely N-dealkylation sites (N-methyl/N-ethyl adjacent to an activating group) is 1. The third-order valence-electron chi connectivity index (χ3n) is 2.37. The van der Waals surface area contributed by atoms with Gasteiger partial charge in [0.2, 0.25) is 5.91 Å². The number of nitrogens with zero attached hydrogens (tertiary/aromatic N) is 1. The van der Waals surface area contributed by atoms with E-state index in [1.807, 2.05) is 0 Å². The van der Waals surface area contributed by atoms with E-state index in [9.17, 15) is 14.9 Å². The van der Waals surface area contributed by atoms with Crippen molar-refractivity contribution in [3.8, 4) is 0 Å². The summed E-state index contributed by atoms with van der Waals surface area (Å²) >= 11 is 0. The fourth-order valence-corrected chi connectivity index (χ4v) is 1.65. The maximum atomic E-state index is 11.4. The quantitative estimate of drug-likeness (QED) is 0.555. The highest BCUT2D eigenvalue weighted by Gasteiger charge is 2.30. The van der Waals surface area contributed by atoms with Crippen molar-refractivity contribution in [3.63, 3.8) is 0 Å². The number of carbonyl (C=O) groups is 1. The van der Waals surface area contributed by atoms with Crippen LogP contribution in [0.5, 0.6) is 0 Å². The van der Waals surface area contributed by atoms with Gasteiger partial charge in [-0.25, -0.2) is 0 Å². The lowest BCUT2D eigenvalue weighted by Crippen LogP contribution is -2.23. The molecule has 1 amide bonds. The molecule has 0 aliphatic carbocycles. The van der Waals surface area contributed by atoms with Crippen LogP contribution in [-0.2, 0) is 4.79 Å². The molecule has 1 aromatic rings. The SMILES string of the molecule is CNC1C(=O)Nc2ccc([N+](=O)[O-])cc21. The highest BCUT2D eigenvalue weighted by Crippen LogP contribution is 2.33. The first kappa shape index (κ1) is 9.60. The Kier molecular flexibility index (Phi) is 2.12. The predicted octanol–water partition coefficient (Wildman–Crippen LogP) is 0.807. The first-order chi connectivity index (χ1) is 7.13. The van der Waals surface area contributed by atoms with Crippen LogP contribution in [0.25, 0.3) is 0 Å². The second-order valence-electron chi connectivity index (χ2n) is 3.24. The largest absolute Gasteiger partial charge is 0.324 e. The monoisotopic (exact) mass is 207 g/mol. The number of benzene rings is 1. The summed E-state index contributed by atoms with van der Waals surface area (Å²) in [4.78, 5) is 21.5. The molecular formula is C9H9N3O3. The Morgan fingerprint density at radius 3 is 2.87 bits per heavy atom. The molecule has 0 spiro atoms. The van der Waals surface area contributed by atoms with Gasteiger partial charge in [0.1, 0.15) is 6.04 Å². The van der Waals surface area contributed by atoms with Crippen LogP contribution in [0.3, 0.4) is 0 Å². The number of nitro groups is 1. The number of carbonyl (C=O) groups excluding carboxylic acids is 1. The minimum Gasteiger partial charge on any atom is -0.324 e. The van der Waals surface area contributed by atoms with E-state index in [4.69, 9.17) is 0 Å². The number of fused-ring (bicyclic) bond motifs is 1. The summed E-state index contributed by atoms with van der Waals surface area (Å²) in [5.41, 5.74) is 1.24. The van der Waals surface area contributed by atoms with Crippen LogP contribution in [0.15, 0.2) is 18.2 Å². The molecule has 0 bridgehead atoms. The van der Waals surface area contributed by atoms with Crippen molar-refractivity contribution in [1.82, 2.24) is 5.32 Å². The molecule has 0 saturated heterocycles. The summed E-state index contributed by atoms with van der Waals surface area (Å²) in [6.45, 7) is 0. The molecule has 0 radical (unpaired) electrons. The van der Waals surface area contributed by atoms with Gasteiger partial charge in [-0.15, -0.1) is 0 Å². The summed E-state index contributed by atoms with van der Waals surface area (Å²) in [5, 5.41) is 16.0. The molecule has 6 heteroatoms. The van der Waals surface area contributed by atoms with Gasteiger partial charge in [-0.2, -0.15) is 0 Å². The lowest BCUT2D eigenvalue weighted by Gasteiger charge is -2.05. The topological polar surface area (TPSA) is 84.3 Å². The number of hydrogen-bond acceptors (Lipinski definition) is 4. The normalized spacial score (nSPS) is 18.5. The number of amides is 1. The number of non-ortho nitro benzene ring substituents is 1. The maximum Gasteiger partial charge on any atom is 0.269 e. The van der Waals surface area contributed by atoms with E-state index < -0.39 is 11.0 Å². The molecular weight excluding hydrogens is 198 g/mol. The molecule has 2 N–H and O–H groups in total. The highest BCUT2D eigenvalue weighted by molar-refractivity contribution is 6.02. The summed E-state index contributed by atoms with van der Waals surface area (Å²) in [7, 11) is 1.64. The van der Waals surface area contributed by atoms with Gasteiger partial charge >= 0.3 is 0 Å². The van der Waals surface area contributed by atoms with Gasteiger partial charge < -0.3 is 10.6 Å². The molecule has 1 unspecified atom stereocenters. The van der Waals surface area contributed by atoms with Crippen molar-refractivity contribution in [1.29, 1.82) is 0 Å². The van der Waals surface area contributed by atoms with Crippen molar-refractivity contribution in [2.75, 3.05) is 12.4 Å². The minimum absolute atomic E-state index is 0.00880. The van der Waals surface area contributed by atoms with E-state index in [2.05, 4.69) is 10.6 Å². The third kappa shape index (κ3) is 1.44. The van der Waals surface area contributed by atoms with Crippen molar-refractivity contribution in [2.45, 2.75) is 6.04 Å². The van der Waals surface area contributed by atoms with Gasteiger partial charge in [-0.1, -0.05) is 0 Å². The van der Waals surface area contributed by atoms with Gasteiger partial charge in [0.25, 0.3) is 5.69 Å². The van der Waals surface area contributed by atoms with Crippen LogP contribution in [0.1, 0.15) is 11.6 Å². The average Bonchev–Trinajstić information content (AvgIpc) is 2.51. The summed E-state index contributed by atoms with van der Waals surface area (Å²) in [6, 6.07) is 3.83. The van der Waals surface area contributed by atoms with Gasteiger partial charge in [-0.05, 0) is 13.1 Å². The first-order valence-corrected chi connectivity index (χ1v) is 4.40. The van der Waals surface area contributed by atoms with Crippen molar-refractivity contribution < 1.29 is 9.72 Å². The van der Waals surface area contributed by atoms with Crippen molar-refractivity contribution in [3.05, 3.63) is 33.9 Å². The van der Waals surface area contributed by atoms with Gasteiger partial charge in [-0.3, -0.25) is 14.9 Å².